The molecule has 2 amide bonds. The molecule has 0 aliphatic carbocycles. The van der Waals surface area contributed by atoms with Crippen molar-refractivity contribution < 1.29 is 18.7 Å². The lowest BCUT2D eigenvalue weighted by molar-refractivity contribution is 0.107. The van der Waals surface area contributed by atoms with Crippen LogP contribution in [-0.4, -0.2) is 69.2 Å². The molecule has 1 heterocycles. The highest BCUT2D eigenvalue weighted by molar-refractivity contribution is 5.76. The Labute approximate surface area is 88.7 Å². The van der Waals surface area contributed by atoms with E-state index in [9.17, 15) is 9.18 Å². The van der Waals surface area contributed by atoms with Gasteiger partial charge in [-0.15, -0.1) is 0 Å². The van der Waals surface area contributed by atoms with Gasteiger partial charge < -0.3 is 14.4 Å². The summed E-state index contributed by atoms with van der Waals surface area (Å²) >= 11 is 0. The molecule has 1 aliphatic rings. The minimum absolute atomic E-state index is 0.117. The highest BCUT2D eigenvalue weighted by Crippen LogP contribution is 2.16. The number of halogens is 1. The molecule has 15 heavy (non-hydrogen) atoms. The van der Waals surface area contributed by atoms with Crippen LogP contribution in [0.15, 0.2) is 0 Å². The van der Waals surface area contributed by atoms with Crippen LogP contribution in [0.25, 0.3) is 0 Å². The van der Waals surface area contributed by atoms with Crippen LogP contribution in [0.4, 0.5) is 9.18 Å². The van der Waals surface area contributed by atoms with Gasteiger partial charge in [-0.05, 0) is 0 Å². The monoisotopic (exact) mass is 220 g/mol. The normalized spacial score (nSPS) is 21.5. The summed E-state index contributed by atoms with van der Waals surface area (Å²) in [6, 6.07) is -0.281. The minimum atomic E-state index is -1.23. The van der Waals surface area contributed by atoms with Crippen molar-refractivity contribution in [3.63, 3.8) is 0 Å². The lowest BCUT2D eigenvalue weighted by Gasteiger charge is -2.18. The number of methoxy groups -OCH3 is 2. The number of hydrogen-bond acceptors (Lipinski definition) is 3. The summed E-state index contributed by atoms with van der Waals surface area (Å²) < 4.78 is 23.1. The number of hydrogen-bond donors (Lipinski definition) is 0. The molecule has 1 fully saturated rings. The van der Waals surface area contributed by atoms with Crippen molar-refractivity contribution in [2.75, 3.05) is 47.1 Å². The summed E-state index contributed by atoms with van der Waals surface area (Å²) in [5.74, 6) is 0. The molecule has 88 valence electrons. The fraction of sp³-hybridized carbons (Fsp3) is 0.889. The zero-order valence-electron chi connectivity index (χ0n) is 9.11. The summed E-state index contributed by atoms with van der Waals surface area (Å²) in [6.07, 6.45) is -1.23. The Hall–Kier alpha value is -0.880. The molecule has 0 radical (unpaired) electrons. The first-order valence-electron chi connectivity index (χ1n) is 4.88. The average Bonchev–Trinajstić information content (AvgIpc) is 2.49. The first kappa shape index (κ1) is 12.2. The van der Waals surface area contributed by atoms with Gasteiger partial charge in [-0.1, -0.05) is 0 Å². The van der Waals surface area contributed by atoms with Crippen LogP contribution < -0.4 is 0 Å². The highest BCUT2D eigenvalue weighted by atomic mass is 19.1. The van der Waals surface area contributed by atoms with Crippen molar-refractivity contribution in [2.45, 2.75) is 6.30 Å². The van der Waals surface area contributed by atoms with E-state index in [1.54, 1.807) is 7.11 Å². The van der Waals surface area contributed by atoms with E-state index < -0.39 is 6.30 Å². The first-order chi connectivity index (χ1) is 7.20. The predicted octanol–water partition coefficient (Wildman–Crippen LogP) is 0.312. The number of alkyl halides is 1. The standard InChI is InChI=1S/C9H17FN2O3/c1-14-5-3-11-7-8(10)12(9(11)13)4-6-15-2/h8H,3-7H2,1-2H3. The van der Waals surface area contributed by atoms with Crippen molar-refractivity contribution in [3.05, 3.63) is 0 Å². The molecule has 0 bridgehead atoms. The van der Waals surface area contributed by atoms with Crippen LogP contribution in [0.1, 0.15) is 0 Å². The Kier molecular flexibility index (Phi) is 4.77. The Bertz CT molecular complexity index is 216. The Morgan fingerprint density at radius 2 is 1.93 bits per heavy atom. The third-order valence-corrected chi connectivity index (χ3v) is 2.33. The maximum atomic E-state index is 13.4. The summed E-state index contributed by atoms with van der Waals surface area (Å²) in [5.41, 5.74) is 0. The van der Waals surface area contributed by atoms with Gasteiger partial charge in [0.2, 0.25) is 0 Å². The maximum absolute atomic E-state index is 13.4. The van der Waals surface area contributed by atoms with Gasteiger partial charge in [0.05, 0.1) is 19.8 Å². The molecule has 0 N–H and O–H groups in total. The predicted molar refractivity (Wildman–Crippen MR) is 52.3 cm³/mol. The van der Waals surface area contributed by atoms with Gasteiger partial charge in [0.1, 0.15) is 0 Å². The minimum Gasteiger partial charge on any atom is -0.383 e. The van der Waals surface area contributed by atoms with Gasteiger partial charge in [-0.25, -0.2) is 9.18 Å². The Balaban J connectivity index is 2.42. The van der Waals surface area contributed by atoms with E-state index >= 15 is 0 Å². The molecular formula is C9H17FN2O3. The molecule has 6 heteroatoms. The molecule has 5 nitrogen and oxygen atoms in total. The summed E-state index contributed by atoms with van der Waals surface area (Å²) in [6.45, 7) is 1.62. The van der Waals surface area contributed by atoms with Gasteiger partial charge in [0.25, 0.3) is 0 Å². The Morgan fingerprint density at radius 1 is 1.33 bits per heavy atom. The van der Waals surface area contributed by atoms with Crippen molar-refractivity contribution in [2.24, 2.45) is 0 Å². The summed E-state index contributed by atoms with van der Waals surface area (Å²) in [5, 5.41) is 0. The molecule has 1 unspecified atom stereocenters. The number of carbonyl (C=O) groups is 1. The number of amides is 2. The van der Waals surface area contributed by atoms with Crippen molar-refractivity contribution in [1.29, 1.82) is 0 Å². The zero-order chi connectivity index (χ0) is 11.3. The van der Waals surface area contributed by atoms with Gasteiger partial charge >= 0.3 is 6.03 Å². The molecule has 1 atom stereocenters. The molecule has 1 saturated heterocycles. The second-order valence-electron chi connectivity index (χ2n) is 3.34. The van der Waals surface area contributed by atoms with Gasteiger partial charge in [0.15, 0.2) is 6.30 Å². The third-order valence-electron chi connectivity index (χ3n) is 2.33. The quantitative estimate of drug-likeness (QED) is 0.605. The van der Waals surface area contributed by atoms with Crippen molar-refractivity contribution >= 4 is 6.03 Å². The number of carbonyl (C=O) groups excluding carboxylic acids is 1. The average molecular weight is 220 g/mol. The topological polar surface area (TPSA) is 42.0 Å². The van der Waals surface area contributed by atoms with E-state index in [-0.39, 0.29) is 12.6 Å². The van der Waals surface area contributed by atoms with E-state index in [1.807, 2.05) is 0 Å². The lowest BCUT2D eigenvalue weighted by atomic mass is 10.5. The third kappa shape index (κ3) is 3.04. The number of nitrogens with zero attached hydrogens (tertiary/aromatic N) is 2. The molecular weight excluding hydrogens is 203 g/mol. The maximum Gasteiger partial charge on any atom is 0.322 e. The van der Waals surface area contributed by atoms with Crippen LogP contribution >= 0.6 is 0 Å². The molecule has 0 saturated carbocycles. The molecule has 0 aromatic heterocycles. The number of rotatable bonds is 6. The van der Waals surface area contributed by atoms with Crippen LogP contribution in [0.2, 0.25) is 0 Å². The van der Waals surface area contributed by atoms with E-state index in [2.05, 4.69) is 0 Å². The molecule has 0 aromatic rings. The molecule has 1 aliphatic heterocycles. The highest BCUT2D eigenvalue weighted by Gasteiger charge is 2.36. The second-order valence-corrected chi connectivity index (χ2v) is 3.34. The van der Waals surface area contributed by atoms with Gasteiger partial charge in [0, 0.05) is 27.3 Å². The fourth-order valence-corrected chi connectivity index (χ4v) is 1.47. The SMILES string of the molecule is COCCN1CC(F)N(CCOC)C1=O. The van der Waals surface area contributed by atoms with Crippen LogP contribution in [-0.2, 0) is 9.47 Å². The van der Waals surface area contributed by atoms with Gasteiger partial charge in [-0.3, -0.25) is 4.90 Å². The van der Waals surface area contributed by atoms with Gasteiger partial charge in [-0.2, -0.15) is 0 Å². The van der Waals surface area contributed by atoms with E-state index in [4.69, 9.17) is 9.47 Å². The zero-order valence-corrected chi connectivity index (χ0v) is 9.11. The van der Waals surface area contributed by atoms with Crippen LogP contribution in [0.3, 0.4) is 0 Å². The van der Waals surface area contributed by atoms with Crippen molar-refractivity contribution in [3.8, 4) is 0 Å². The fourth-order valence-electron chi connectivity index (χ4n) is 1.47. The molecule has 0 aromatic carbocycles. The summed E-state index contributed by atoms with van der Waals surface area (Å²) in [4.78, 5) is 14.3. The Morgan fingerprint density at radius 3 is 2.53 bits per heavy atom. The van der Waals surface area contributed by atoms with E-state index in [1.165, 1.54) is 16.9 Å². The van der Waals surface area contributed by atoms with Crippen LogP contribution in [0, 0.1) is 0 Å². The number of ether oxygens (including phenoxy) is 2. The van der Waals surface area contributed by atoms with E-state index in [0.717, 1.165) is 0 Å². The first-order valence-corrected chi connectivity index (χ1v) is 4.88. The smallest absolute Gasteiger partial charge is 0.322 e. The van der Waals surface area contributed by atoms with Crippen molar-refractivity contribution in [1.82, 2.24) is 9.80 Å². The number of urea groups is 1. The summed E-state index contributed by atoms with van der Waals surface area (Å²) in [7, 11) is 3.08. The lowest BCUT2D eigenvalue weighted by Crippen LogP contribution is -2.36. The molecule has 0 spiro atoms. The van der Waals surface area contributed by atoms with Crippen LogP contribution in [0.5, 0.6) is 0 Å². The molecule has 1 rings (SSSR count). The largest absolute Gasteiger partial charge is 0.383 e. The van der Waals surface area contributed by atoms with E-state index in [0.29, 0.717) is 26.3 Å². The second kappa shape index (κ2) is 5.87.